The molecular formula is C23H29ClN2O4S. The van der Waals surface area contributed by atoms with Crippen molar-refractivity contribution < 1.29 is 17.9 Å². The summed E-state index contributed by atoms with van der Waals surface area (Å²) >= 11 is 6.16. The van der Waals surface area contributed by atoms with Gasteiger partial charge in [0.1, 0.15) is 10.6 Å². The van der Waals surface area contributed by atoms with Gasteiger partial charge in [-0.2, -0.15) is 4.31 Å². The van der Waals surface area contributed by atoms with Gasteiger partial charge in [-0.15, -0.1) is 0 Å². The normalized spacial score (nSPS) is 17.5. The summed E-state index contributed by atoms with van der Waals surface area (Å²) in [7, 11) is -2.33. The Labute approximate surface area is 189 Å². The zero-order chi connectivity index (χ0) is 22.6. The van der Waals surface area contributed by atoms with E-state index in [0.717, 1.165) is 11.1 Å². The second-order valence-corrected chi connectivity index (χ2v) is 10.4. The number of methoxy groups -OCH3 is 1. The van der Waals surface area contributed by atoms with Gasteiger partial charge >= 0.3 is 0 Å². The Bertz CT molecular complexity index is 1040. The van der Waals surface area contributed by atoms with Gasteiger partial charge in [0.05, 0.1) is 13.0 Å². The number of rotatable bonds is 7. The van der Waals surface area contributed by atoms with E-state index in [9.17, 15) is 13.2 Å². The first kappa shape index (κ1) is 23.6. The van der Waals surface area contributed by atoms with Crippen molar-refractivity contribution in [2.24, 2.45) is 5.92 Å². The molecule has 1 N–H and O–H groups in total. The Hall–Kier alpha value is -2.09. The first-order chi connectivity index (χ1) is 14.7. The van der Waals surface area contributed by atoms with Gasteiger partial charge < -0.3 is 10.1 Å². The number of amides is 1. The maximum atomic E-state index is 13.4. The van der Waals surface area contributed by atoms with Crippen molar-refractivity contribution in [2.45, 2.75) is 44.0 Å². The third kappa shape index (κ3) is 5.40. The van der Waals surface area contributed by atoms with Crippen LogP contribution in [0.15, 0.2) is 47.4 Å². The highest BCUT2D eigenvalue weighted by Gasteiger charge is 2.35. The van der Waals surface area contributed by atoms with Gasteiger partial charge in [-0.25, -0.2) is 8.42 Å². The fraction of sp³-hybridized carbons (Fsp3) is 0.435. The van der Waals surface area contributed by atoms with Crippen LogP contribution in [-0.4, -0.2) is 38.8 Å². The maximum absolute atomic E-state index is 13.4. The number of ether oxygens (including phenoxy) is 1. The predicted octanol–water partition coefficient (Wildman–Crippen LogP) is 4.19. The molecule has 1 atom stereocenters. The lowest BCUT2D eigenvalue weighted by molar-refractivity contribution is -0.126. The fourth-order valence-corrected chi connectivity index (χ4v) is 5.65. The molecule has 0 saturated carbocycles. The van der Waals surface area contributed by atoms with Crippen molar-refractivity contribution in [3.63, 3.8) is 0 Å². The number of halogens is 1. The Morgan fingerprint density at radius 3 is 2.68 bits per heavy atom. The molecule has 0 bridgehead atoms. The molecule has 31 heavy (non-hydrogen) atoms. The molecule has 0 aromatic heterocycles. The molecule has 0 radical (unpaired) electrons. The molecule has 1 aliphatic heterocycles. The first-order valence-corrected chi connectivity index (χ1v) is 12.2. The van der Waals surface area contributed by atoms with Gasteiger partial charge in [0.25, 0.3) is 0 Å². The summed E-state index contributed by atoms with van der Waals surface area (Å²) in [5.74, 6) is -0.0766. The summed E-state index contributed by atoms with van der Waals surface area (Å²) < 4.78 is 33.6. The van der Waals surface area contributed by atoms with Crippen molar-refractivity contribution >= 4 is 27.5 Å². The molecule has 1 fully saturated rings. The number of benzene rings is 2. The van der Waals surface area contributed by atoms with E-state index in [1.54, 1.807) is 18.2 Å². The number of nitrogens with zero attached hydrogens (tertiary/aromatic N) is 1. The molecule has 0 aliphatic carbocycles. The average Bonchev–Trinajstić information content (AvgIpc) is 2.77. The minimum Gasteiger partial charge on any atom is -0.495 e. The number of nitrogens with one attached hydrogen (secondary N) is 1. The van der Waals surface area contributed by atoms with Crippen LogP contribution in [0.25, 0.3) is 0 Å². The summed E-state index contributed by atoms with van der Waals surface area (Å²) in [6, 6.07) is 12.6. The SMILES string of the molecule is COc1ccc(C(C)C)cc1S(=O)(=O)N1CCC[C@H](C(=O)NCc2ccccc2Cl)C1. The Morgan fingerprint density at radius 1 is 1.26 bits per heavy atom. The molecule has 8 heteroatoms. The summed E-state index contributed by atoms with van der Waals surface area (Å²) in [4.78, 5) is 12.9. The van der Waals surface area contributed by atoms with Crippen LogP contribution in [-0.2, 0) is 21.4 Å². The van der Waals surface area contributed by atoms with Gasteiger partial charge in [-0.3, -0.25) is 4.79 Å². The van der Waals surface area contributed by atoms with Crippen LogP contribution in [0.5, 0.6) is 5.75 Å². The molecule has 1 heterocycles. The van der Waals surface area contributed by atoms with E-state index in [1.165, 1.54) is 11.4 Å². The van der Waals surface area contributed by atoms with Crippen LogP contribution >= 0.6 is 11.6 Å². The van der Waals surface area contributed by atoms with Crippen LogP contribution in [0.3, 0.4) is 0 Å². The standard InChI is InChI=1S/C23H29ClN2O4S/c1-16(2)17-10-11-21(30-3)22(13-17)31(28,29)26-12-6-8-19(15-26)23(27)25-14-18-7-4-5-9-20(18)24/h4-5,7,9-11,13,16,19H,6,8,12,14-15H2,1-3H3,(H,25,27)/t19-/m0/s1. The largest absolute Gasteiger partial charge is 0.495 e. The van der Waals surface area contributed by atoms with E-state index in [1.807, 2.05) is 38.1 Å². The van der Waals surface area contributed by atoms with E-state index in [2.05, 4.69) is 5.32 Å². The lowest BCUT2D eigenvalue weighted by atomic mass is 9.99. The molecule has 1 saturated heterocycles. The smallest absolute Gasteiger partial charge is 0.246 e. The Balaban J connectivity index is 1.75. The van der Waals surface area contributed by atoms with E-state index in [4.69, 9.17) is 16.3 Å². The molecule has 2 aromatic carbocycles. The number of hydrogen-bond donors (Lipinski definition) is 1. The maximum Gasteiger partial charge on any atom is 0.246 e. The molecule has 1 aliphatic rings. The van der Waals surface area contributed by atoms with Crippen LogP contribution in [0.4, 0.5) is 0 Å². The second kappa shape index (κ2) is 10.0. The molecule has 168 valence electrons. The van der Waals surface area contributed by atoms with Crippen LogP contribution in [0, 0.1) is 5.92 Å². The van der Waals surface area contributed by atoms with E-state index in [0.29, 0.717) is 36.7 Å². The number of carbonyl (C=O) groups excluding carboxylic acids is 1. The van der Waals surface area contributed by atoms with Gasteiger partial charge in [-0.1, -0.05) is 49.7 Å². The quantitative estimate of drug-likeness (QED) is 0.666. The van der Waals surface area contributed by atoms with E-state index < -0.39 is 15.9 Å². The van der Waals surface area contributed by atoms with Crippen molar-refractivity contribution in [3.05, 3.63) is 58.6 Å². The highest BCUT2D eigenvalue weighted by atomic mass is 35.5. The minimum absolute atomic E-state index is 0.145. The van der Waals surface area contributed by atoms with Crippen LogP contribution in [0.2, 0.25) is 5.02 Å². The van der Waals surface area contributed by atoms with Crippen LogP contribution in [0.1, 0.15) is 43.7 Å². The Morgan fingerprint density at radius 2 is 2.00 bits per heavy atom. The minimum atomic E-state index is -3.79. The number of sulfonamides is 1. The molecule has 3 rings (SSSR count). The molecule has 0 spiro atoms. The molecule has 2 aromatic rings. The molecular weight excluding hydrogens is 436 g/mol. The Kier molecular flexibility index (Phi) is 7.62. The zero-order valence-electron chi connectivity index (χ0n) is 18.1. The van der Waals surface area contributed by atoms with Gasteiger partial charge in [0.15, 0.2) is 0 Å². The third-order valence-electron chi connectivity index (χ3n) is 5.64. The van der Waals surface area contributed by atoms with E-state index >= 15 is 0 Å². The van der Waals surface area contributed by atoms with Gasteiger partial charge in [0, 0.05) is 24.7 Å². The summed E-state index contributed by atoms with van der Waals surface area (Å²) in [6.07, 6.45) is 1.26. The number of hydrogen-bond acceptors (Lipinski definition) is 4. The summed E-state index contributed by atoms with van der Waals surface area (Å²) in [5.41, 5.74) is 1.75. The van der Waals surface area contributed by atoms with Crippen molar-refractivity contribution in [2.75, 3.05) is 20.2 Å². The van der Waals surface area contributed by atoms with E-state index in [-0.39, 0.29) is 23.3 Å². The van der Waals surface area contributed by atoms with Crippen molar-refractivity contribution in [1.29, 1.82) is 0 Å². The summed E-state index contributed by atoms with van der Waals surface area (Å²) in [6.45, 7) is 4.86. The van der Waals surface area contributed by atoms with Gasteiger partial charge in [0.2, 0.25) is 15.9 Å². The highest BCUT2D eigenvalue weighted by Crippen LogP contribution is 2.32. The number of piperidine rings is 1. The first-order valence-electron chi connectivity index (χ1n) is 10.4. The third-order valence-corrected chi connectivity index (χ3v) is 7.89. The van der Waals surface area contributed by atoms with Crippen molar-refractivity contribution in [1.82, 2.24) is 9.62 Å². The predicted molar refractivity (Wildman–Crippen MR) is 122 cm³/mol. The average molecular weight is 465 g/mol. The topological polar surface area (TPSA) is 75.7 Å². The van der Waals surface area contributed by atoms with Crippen LogP contribution < -0.4 is 10.1 Å². The lowest BCUT2D eigenvalue weighted by Gasteiger charge is -2.31. The molecule has 0 unspecified atom stereocenters. The second-order valence-electron chi connectivity index (χ2n) is 8.08. The fourth-order valence-electron chi connectivity index (χ4n) is 3.74. The monoisotopic (exact) mass is 464 g/mol. The highest BCUT2D eigenvalue weighted by molar-refractivity contribution is 7.89. The molecule has 1 amide bonds. The lowest BCUT2D eigenvalue weighted by Crippen LogP contribution is -2.45. The zero-order valence-corrected chi connectivity index (χ0v) is 19.7. The molecule has 6 nitrogen and oxygen atoms in total. The van der Waals surface area contributed by atoms with Crippen molar-refractivity contribution in [3.8, 4) is 5.75 Å². The number of carbonyl (C=O) groups is 1. The summed E-state index contributed by atoms with van der Waals surface area (Å²) in [5, 5.41) is 3.49. The van der Waals surface area contributed by atoms with Gasteiger partial charge in [-0.05, 0) is 48.1 Å².